The summed E-state index contributed by atoms with van der Waals surface area (Å²) in [5.41, 5.74) is 0. The Labute approximate surface area is 112 Å². The van der Waals surface area contributed by atoms with Crippen molar-refractivity contribution in [3.63, 3.8) is 0 Å². The molecule has 1 nitrogen and oxygen atoms in total. The maximum Gasteiger partial charge on any atom is 1.00 e. The number of hydrogen-bond donors (Lipinski definition) is 0. The normalized spacial score (nSPS) is 9.33. The summed E-state index contributed by atoms with van der Waals surface area (Å²) in [4.78, 5) is 0. The quantitative estimate of drug-likeness (QED) is 0.373. The van der Waals surface area contributed by atoms with Gasteiger partial charge in [-0.25, -0.2) is 0 Å². The van der Waals surface area contributed by atoms with Crippen LogP contribution in [-0.4, -0.2) is 0 Å². The van der Waals surface area contributed by atoms with Gasteiger partial charge in [0.2, 0.25) is 0 Å². The molecular formula is C6HCl4NaO. The van der Waals surface area contributed by atoms with Crippen LogP contribution in [0.15, 0.2) is 6.07 Å². The Morgan fingerprint density at radius 2 is 1.42 bits per heavy atom. The average Bonchev–Trinajstić information content (AvgIpc) is 1.97. The van der Waals surface area contributed by atoms with Gasteiger partial charge < -0.3 is 5.11 Å². The zero-order valence-electron chi connectivity index (χ0n) is 6.00. The van der Waals surface area contributed by atoms with Crippen molar-refractivity contribution in [3.05, 3.63) is 26.2 Å². The SMILES string of the molecule is [Na+].[O-]c1cc(Cl)c(Cl)c(Cl)c1Cl. The molecule has 0 heterocycles. The summed E-state index contributed by atoms with van der Waals surface area (Å²) >= 11 is 22.1. The Bertz CT molecular complexity index is 276. The standard InChI is InChI=1S/C6H2Cl4O.Na/c7-2-1-3(11)5(9)6(10)4(2)8;/h1,11H;/q;+1/p-1. The van der Waals surface area contributed by atoms with Gasteiger partial charge in [-0.15, -0.1) is 0 Å². The van der Waals surface area contributed by atoms with Gasteiger partial charge in [-0.3, -0.25) is 0 Å². The Morgan fingerprint density at radius 3 is 1.92 bits per heavy atom. The molecule has 0 saturated heterocycles. The molecule has 0 atom stereocenters. The predicted molar refractivity (Wildman–Crippen MR) is 45.9 cm³/mol. The van der Waals surface area contributed by atoms with Crippen LogP contribution in [0, 0.1) is 0 Å². The fourth-order valence-electron chi connectivity index (χ4n) is 0.551. The van der Waals surface area contributed by atoms with Crippen LogP contribution in [0.1, 0.15) is 0 Å². The second-order valence-electron chi connectivity index (χ2n) is 1.80. The van der Waals surface area contributed by atoms with Crippen molar-refractivity contribution in [1.29, 1.82) is 0 Å². The van der Waals surface area contributed by atoms with Crippen LogP contribution < -0.4 is 34.7 Å². The van der Waals surface area contributed by atoms with Gasteiger partial charge in [0.05, 0.1) is 20.1 Å². The first-order chi connectivity index (χ1) is 5.04. The smallest absolute Gasteiger partial charge is 0.871 e. The monoisotopic (exact) mass is 252 g/mol. The number of benzene rings is 1. The molecule has 1 rings (SSSR count). The van der Waals surface area contributed by atoms with Gasteiger partial charge in [-0.2, -0.15) is 0 Å². The molecule has 0 bridgehead atoms. The van der Waals surface area contributed by atoms with E-state index in [0.717, 1.165) is 6.07 Å². The molecule has 0 saturated carbocycles. The van der Waals surface area contributed by atoms with E-state index in [1.165, 1.54) is 0 Å². The van der Waals surface area contributed by atoms with E-state index in [-0.39, 0.29) is 49.6 Å². The first kappa shape index (κ1) is 13.2. The van der Waals surface area contributed by atoms with Gasteiger partial charge in [0.1, 0.15) is 0 Å². The summed E-state index contributed by atoms with van der Waals surface area (Å²) in [5, 5.41) is 11.0. The van der Waals surface area contributed by atoms with Crippen molar-refractivity contribution in [2.24, 2.45) is 0 Å². The van der Waals surface area contributed by atoms with Crippen LogP contribution in [0.4, 0.5) is 0 Å². The first-order valence-electron chi connectivity index (χ1n) is 2.54. The van der Waals surface area contributed by atoms with E-state index in [1.807, 2.05) is 0 Å². The fourth-order valence-corrected chi connectivity index (χ4v) is 1.33. The van der Waals surface area contributed by atoms with Gasteiger partial charge in [-0.05, 0) is 6.07 Å². The van der Waals surface area contributed by atoms with Gasteiger partial charge >= 0.3 is 29.6 Å². The molecule has 6 heteroatoms. The molecule has 0 aliphatic carbocycles. The maximum absolute atomic E-state index is 10.9. The Balaban J connectivity index is 0.00000121. The van der Waals surface area contributed by atoms with Gasteiger partial charge in [0, 0.05) is 0 Å². The van der Waals surface area contributed by atoms with E-state index < -0.39 is 5.75 Å². The average molecular weight is 254 g/mol. The van der Waals surface area contributed by atoms with E-state index in [2.05, 4.69) is 0 Å². The van der Waals surface area contributed by atoms with Crippen LogP contribution in [0.5, 0.6) is 5.75 Å². The van der Waals surface area contributed by atoms with E-state index in [4.69, 9.17) is 46.4 Å². The molecule has 1 aromatic carbocycles. The zero-order valence-corrected chi connectivity index (χ0v) is 11.0. The first-order valence-corrected chi connectivity index (χ1v) is 4.05. The third-order valence-corrected chi connectivity index (χ3v) is 2.80. The van der Waals surface area contributed by atoms with Crippen LogP contribution in [-0.2, 0) is 0 Å². The minimum atomic E-state index is -0.425. The van der Waals surface area contributed by atoms with Crippen molar-refractivity contribution in [2.45, 2.75) is 0 Å². The summed E-state index contributed by atoms with van der Waals surface area (Å²) in [6.07, 6.45) is 0. The van der Waals surface area contributed by atoms with Crippen LogP contribution >= 0.6 is 46.4 Å². The van der Waals surface area contributed by atoms with E-state index in [9.17, 15) is 5.11 Å². The molecule has 0 aromatic heterocycles. The molecule has 0 aliphatic heterocycles. The molecule has 0 unspecified atom stereocenters. The Morgan fingerprint density at radius 1 is 0.917 bits per heavy atom. The van der Waals surface area contributed by atoms with Crippen molar-refractivity contribution in [1.82, 2.24) is 0 Å². The molecule has 0 aliphatic rings. The van der Waals surface area contributed by atoms with Crippen molar-refractivity contribution >= 4 is 46.4 Å². The maximum atomic E-state index is 10.9. The third kappa shape index (κ3) is 2.58. The predicted octanol–water partition coefficient (Wildman–Crippen LogP) is 0.378. The van der Waals surface area contributed by atoms with E-state index in [1.54, 1.807) is 0 Å². The fraction of sp³-hybridized carbons (Fsp3) is 0. The second-order valence-corrected chi connectivity index (χ2v) is 3.34. The molecule has 0 spiro atoms. The topological polar surface area (TPSA) is 23.1 Å². The Hall–Kier alpha value is 1.18. The summed E-state index contributed by atoms with van der Waals surface area (Å²) in [7, 11) is 0. The summed E-state index contributed by atoms with van der Waals surface area (Å²) < 4.78 is 0. The second kappa shape index (κ2) is 5.16. The van der Waals surface area contributed by atoms with Gasteiger partial charge in [0.15, 0.2) is 0 Å². The number of hydrogen-bond acceptors (Lipinski definition) is 1. The van der Waals surface area contributed by atoms with Gasteiger partial charge in [0.25, 0.3) is 0 Å². The molecule has 0 radical (unpaired) electrons. The number of halogens is 4. The summed E-state index contributed by atoms with van der Waals surface area (Å²) in [6, 6.07) is 1.12. The molecule has 12 heavy (non-hydrogen) atoms. The van der Waals surface area contributed by atoms with Crippen molar-refractivity contribution < 1.29 is 34.7 Å². The molecular weight excluding hydrogens is 253 g/mol. The summed E-state index contributed by atoms with van der Waals surface area (Å²) in [5.74, 6) is -0.425. The van der Waals surface area contributed by atoms with Crippen LogP contribution in [0.3, 0.4) is 0 Å². The minimum absolute atomic E-state index is 0. The van der Waals surface area contributed by atoms with Gasteiger partial charge in [-0.1, -0.05) is 52.2 Å². The van der Waals surface area contributed by atoms with E-state index in [0.29, 0.717) is 0 Å². The van der Waals surface area contributed by atoms with E-state index >= 15 is 0 Å². The van der Waals surface area contributed by atoms with Crippen LogP contribution in [0.25, 0.3) is 0 Å². The Kier molecular flexibility index (Phi) is 5.67. The number of rotatable bonds is 0. The third-order valence-electron chi connectivity index (χ3n) is 1.07. The zero-order chi connectivity index (χ0) is 8.59. The van der Waals surface area contributed by atoms with Crippen molar-refractivity contribution in [3.8, 4) is 5.75 Å². The molecule has 0 fully saturated rings. The molecule has 0 amide bonds. The molecule has 60 valence electrons. The molecule has 0 N–H and O–H groups in total. The minimum Gasteiger partial charge on any atom is -0.871 e. The van der Waals surface area contributed by atoms with Crippen molar-refractivity contribution in [2.75, 3.05) is 0 Å². The van der Waals surface area contributed by atoms with Crippen LogP contribution in [0.2, 0.25) is 20.1 Å². The summed E-state index contributed by atoms with van der Waals surface area (Å²) in [6.45, 7) is 0. The largest absolute Gasteiger partial charge is 1.00 e. The molecule has 1 aromatic rings.